The predicted octanol–water partition coefficient (Wildman–Crippen LogP) is 4.18. The highest BCUT2D eigenvalue weighted by Gasteiger charge is 2.58. The minimum Gasteiger partial charge on any atom is -0.496 e. The summed E-state index contributed by atoms with van der Waals surface area (Å²) in [5.41, 5.74) is 2.48. The normalized spacial score (nSPS) is 19.8. The SMILES string of the molecule is COc1ccccc1/C=C/CN1CCC2(CC1)CC2C(=O)NCCc1ccccc1OC. The molecule has 1 aliphatic heterocycles. The molecule has 2 aromatic rings. The van der Waals surface area contributed by atoms with Gasteiger partial charge in [0.05, 0.1) is 14.2 Å². The molecule has 1 atom stereocenters. The van der Waals surface area contributed by atoms with Crippen molar-refractivity contribution in [3.8, 4) is 11.5 Å². The van der Waals surface area contributed by atoms with Gasteiger partial charge in [0.25, 0.3) is 0 Å². The monoisotopic (exact) mass is 434 g/mol. The summed E-state index contributed by atoms with van der Waals surface area (Å²) in [7, 11) is 3.39. The van der Waals surface area contributed by atoms with Crippen LogP contribution in [0, 0.1) is 11.3 Å². The summed E-state index contributed by atoms with van der Waals surface area (Å²) < 4.78 is 10.8. The Bertz CT molecular complexity index is 947. The van der Waals surface area contributed by atoms with E-state index in [-0.39, 0.29) is 17.2 Å². The Hall–Kier alpha value is -2.79. The number of nitrogens with one attached hydrogen (secondary N) is 1. The molecule has 2 aromatic carbocycles. The van der Waals surface area contributed by atoms with Crippen LogP contribution in [0.15, 0.2) is 54.6 Å². The van der Waals surface area contributed by atoms with E-state index in [0.29, 0.717) is 6.54 Å². The first-order valence-corrected chi connectivity index (χ1v) is 11.6. The zero-order valence-corrected chi connectivity index (χ0v) is 19.2. The highest BCUT2D eigenvalue weighted by Crippen LogP contribution is 2.59. The summed E-state index contributed by atoms with van der Waals surface area (Å²) in [6.45, 7) is 3.71. The van der Waals surface area contributed by atoms with Crippen molar-refractivity contribution in [1.29, 1.82) is 0 Å². The number of ether oxygens (including phenoxy) is 2. The lowest BCUT2D eigenvalue weighted by molar-refractivity contribution is -0.123. The van der Waals surface area contributed by atoms with E-state index in [0.717, 1.165) is 67.9 Å². The minimum atomic E-state index is 0.187. The molecule has 0 aromatic heterocycles. The zero-order chi connectivity index (χ0) is 22.4. The van der Waals surface area contributed by atoms with Crippen molar-refractivity contribution in [3.05, 3.63) is 65.7 Å². The van der Waals surface area contributed by atoms with E-state index in [4.69, 9.17) is 9.47 Å². The van der Waals surface area contributed by atoms with Crippen molar-refractivity contribution in [2.24, 2.45) is 11.3 Å². The van der Waals surface area contributed by atoms with Gasteiger partial charge in [-0.2, -0.15) is 0 Å². The van der Waals surface area contributed by atoms with Gasteiger partial charge in [-0.05, 0) is 61.9 Å². The van der Waals surface area contributed by atoms with Crippen molar-refractivity contribution in [2.75, 3.05) is 40.4 Å². The number of carbonyl (C=O) groups excluding carboxylic acids is 1. The molecule has 1 N–H and O–H groups in total. The number of carbonyl (C=O) groups is 1. The Balaban J connectivity index is 1.19. The molecule has 0 bridgehead atoms. The van der Waals surface area contributed by atoms with Gasteiger partial charge in [0, 0.05) is 24.6 Å². The molecule has 1 saturated heterocycles. The van der Waals surface area contributed by atoms with Gasteiger partial charge >= 0.3 is 0 Å². The average molecular weight is 435 g/mol. The second-order valence-electron chi connectivity index (χ2n) is 8.92. The fraction of sp³-hybridized carbons (Fsp3) is 0.444. The molecule has 1 unspecified atom stereocenters. The maximum atomic E-state index is 12.7. The number of hydrogen-bond acceptors (Lipinski definition) is 4. The molecule has 1 amide bonds. The zero-order valence-electron chi connectivity index (χ0n) is 19.2. The number of likely N-dealkylation sites (tertiary alicyclic amines) is 1. The first-order valence-electron chi connectivity index (χ1n) is 11.6. The number of nitrogens with zero attached hydrogens (tertiary/aromatic N) is 1. The number of para-hydroxylation sites is 2. The molecule has 170 valence electrons. The van der Waals surface area contributed by atoms with E-state index in [2.05, 4.69) is 34.5 Å². The fourth-order valence-corrected chi connectivity index (χ4v) is 4.94. The molecule has 1 spiro atoms. The van der Waals surface area contributed by atoms with Crippen LogP contribution in [0.1, 0.15) is 30.4 Å². The van der Waals surface area contributed by atoms with Gasteiger partial charge in [-0.3, -0.25) is 9.69 Å². The number of methoxy groups -OCH3 is 2. The Morgan fingerprint density at radius 3 is 2.50 bits per heavy atom. The van der Waals surface area contributed by atoms with E-state index in [9.17, 15) is 4.79 Å². The van der Waals surface area contributed by atoms with Crippen LogP contribution >= 0.6 is 0 Å². The van der Waals surface area contributed by atoms with Gasteiger partial charge < -0.3 is 14.8 Å². The van der Waals surface area contributed by atoms with Crippen LogP contribution in [0.3, 0.4) is 0 Å². The summed E-state index contributed by atoms with van der Waals surface area (Å²) in [6, 6.07) is 16.1. The largest absolute Gasteiger partial charge is 0.496 e. The second-order valence-corrected chi connectivity index (χ2v) is 8.92. The smallest absolute Gasteiger partial charge is 0.223 e. The highest BCUT2D eigenvalue weighted by atomic mass is 16.5. The lowest BCUT2D eigenvalue weighted by Crippen LogP contribution is -2.37. The van der Waals surface area contributed by atoms with Crippen LogP contribution in [0.4, 0.5) is 0 Å². The maximum absolute atomic E-state index is 12.7. The molecule has 4 rings (SSSR count). The third-order valence-electron chi connectivity index (χ3n) is 7.04. The Morgan fingerprint density at radius 2 is 1.75 bits per heavy atom. The lowest BCUT2D eigenvalue weighted by atomic mass is 9.90. The first kappa shape index (κ1) is 22.4. The predicted molar refractivity (Wildman–Crippen MR) is 128 cm³/mol. The third-order valence-corrected chi connectivity index (χ3v) is 7.04. The maximum Gasteiger partial charge on any atom is 0.223 e. The number of benzene rings is 2. The summed E-state index contributed by atoms with van der Waals surface area (Å²) in [6.07, 6.45) is 8.41. The van der Waals surface area contributed by atoms with E-state index in [1.807, 2.05) is 36.4 Å². The molecule has 1 aliphatic carbocycles. The molecule has 5 heteroatoms. The van der Waals surface area contributed by atoms with E-state index < -0.39 is 0 Å². The van der Waals surface area contributed by atoms with E-state index >= 15 is 0 Å². The molecule has 0 radical (unpaired) electrons. The summed E-state index contributed by atoms with van der Waals surface area (Å²) in [5, 5.41) is 3.16. The Kier molecular flexibility index (Phi) is 7.15. The standard InChI is InChI=1S/C27H34N2O3/c1-31-24-11-5-3-8-21(24)10-7-17-29-18-14-27(15-19-29)20-23(27)26(30)28-16-13-22-9-4-6-12-25(22)32-2/h3-12,23H,13-20H2,1-2H3,(H,28,30)/b10-7+. The van der Waals surface area contributed by atoms with Crippen LogP contribution in [0.2, 0.25) is 0 Å². The first-order chi connectivity index (χ1) is 15.6. The quantitative estimate of drug-likeness (QED) is 0.643. The van der Waals surface area contributed by atoms with Gasteiger partial charge in [0.2, 0.25) is 5.91 Å². The summed E-state index contributed by atoms with van der Waals surface area (Å²) in [5.74, 6) is 2.20. The summed E-state index contributed by atoms with van der Waals surface area (Å²) in [4.78, 5) is 15.2. The van der Waals surface area contributed by atoms with Gasteiger partial charge in [-0.15, -0.1) is 0 Å². The molecular formula is C27H34N2O3. The number of rotatable bonds is 9. The Labute approximate surface area is 191 Å². The summed E-state index contributed by atoms with van der Waals surface area (Å²) >= 11 is 0. The average Bonchev–Trinajstić information content (AvgIpc) is 3.54. The molecule has 1 heterocycles. The highest BCUT2D eigenvalue weighted by molar-refractivity contribution is 5.82. The van der Waals surface area contributed by atoms with Gasteiger partial charge in [-0.25, -0.2) is 0 Å². The van der Waals surface area contributed by atoms with Crippen molar-refractivity contribution in [2.45, 2.75) is 25.7 Å². The van der Waals surface area contributed by atoms with Crippen LogP contribution in [-0.2, 0) is 11.2 Å². The van der Waals surface area contributed by atoms with Gasteiger partial charge in [0.1, 0.15) is 11.5 Å². The number of amides is 1. The van der Waals surface area contributed by atoms with Crippen molar-refractivity contribution < 1.29 is 14.3 Å². The fourth-order valence-electron chi connectivity index (χ4n) is 4.94. The lowest BCUT2D eigenvalue weighted by Gasteiger charge is -2.32. The number of piperidine rings is 1. The van der Waals surface area contributed by atoms with Crippen molar-refractivity contribution in [3.63, 3.8) is 0 Å². The van der Waals surface area contributed by atoms with E-state index in [1.165, 1.54) is 0 Å². The number of hydrogen-bond donors (Lipinski definition) is 1. The van der Waals surface area contributed by atoms with Crippen molar-refractivity contribution >= 4 is 12.0 Å². The van der Waals surface area contributed by atoms with Crippen LogP contribution < -0.4 is 14.8 Å². The molecule has 32 heavy (non-hydrogen) atoms. The molecule has 5 nitrogen and oxygen atoms in total. The minimum absolute atomic E-state index is 0.187. The third kappa shape index (κ3) is 5.16. The van der Waals surface area contributed by atoms with Gasteiger partial charge in [0.15, 0.2) is 0 Å². The van der Waals surface area contributed by atoms with Gasteiger partial charge in [-0.1, -0.05) is 48.6 Å². The Morgan fingerprint density at radius 1 is 1.06 bits per heavy atom. The molecule has 2 fully saturated rings. The molecule has 2 aliphatic rings. The van der Waals surface area contributed by atoms with E-state index in [1.54, 1.807) is 14.2 Å². The van der Waals surface area contributed by atoms with Crippen LogP contribution in [-0.4, -0.2) is 51.2 Å². The van der Waals surface area contributed by atoms with Crippen LogP contribution in [0.5, 0.6) is 11.5 Å². The molecular weight excluding hydrogens is 400 g/mol. The second kappa shape index (κ2) is 10.2. The topological polar surface area (TPSA) is 50.8 Å². The van der Waals surface area contributed by atoms with Crippen molar-refractivity contribution in [1.82, 2.24) is 10.2 Å². The van der Waals surface area contributed by atoms with Crippen LogP contribution in [0.25, 0.3) is 6.08 Å². The molecule has 1 saturated carbocycles.